The van der Waals surface area contributed by atoms with E-state index in [0.29, 0.717) is 22.5 Å². The maximum absolute atomic E-state index is 14.0. The maximum atomic E-state index is 14.0. The summed E-state index contributed by atoms with van der Waals surface area (Å²) >= 11 is 0. The van der Waals surface area contributed by atoms with Crippen molar-refractivity contribution in [3.05, 3.63) is 90.4 Å². The largest absolute Gasteiger partial charge is 0.507 e. The number of nitrogens with zero attached hydrogens (tertiary/aromatic N) is 3. The normalized spacial score (nSPS) is 15.6. The molecule has 0 saturated carbocycles. The highest BCUT2D eigenvalue weighted by molar-refractivity contribution is 5.99. The van der Waals surface area contributed by atoms with Crippen LogP contribution >= 0.6 is 0 Å². The van der Waals surface area contributed by atoms with E-state index in [2.05, 4.69) is 15.7 Å². The Morgan fingerprint density at radius 1 is 1.04 bits per heavy atom. The van der Waals surface area contributed by atoms with Crippen molar-refractivity contribution in [2.24, 2.45) is 7.05 Å². The molecule has 0 bridgehead atoms. The zero-order valence-electron chi connectivity index (χ0n) is 26.0. The zero-order valence-corrected chi connectivity index (χ0v) is 26.0. The lowest BCUT2D eigenvalue weighted by molar-refractivity contribution is -0.148. The van der Waals surface area contributed by atoms with Gasteiger partial charge in [-0.25, -0.2) is 9.18 Å². The van der Waals surface area contributed by atoms with E-state index in [1.807, 2.05) is 0 Å². The van der Waals surface area contributed by atoms with Crippen LogP contribution in [0.3, 0.4) is 0 Å². The number of nitrogens with one attached hydrogen (secondary N) is 2. The fourth-order valence-electron chi connectivity index (χ4n) is 5.16. The number of carbonyl (C=O) groups excluding carboxylic acids is 3. The number of rotatable bonds is 7. The first kappa shape index (κ1) is 32.2. The number of aryl methyl sites for hydroxylation is 1. The van der Waals surface area contributed by atoms with Gasteiger partial charge in [0.05, 0.1) is 13.2 Å². The average Bonchev–Trinajstić information content (AvgIpc) is 3.41. The number of halogens is 1. The molecule has 5 rings (SSSR count). The van der Waals surface area contributed by atoms with Crippen molar-refractivity contribution in [1.82, 2.24) is 20.0 Å². The van der Waals surface area contributed by atoms with E-state index < -0.39 is 41.4 Å². The van der Waals surface area contributed by atoms with Crippen LogP contribution in [0.4, 0.5) is 14.9 Å². The van der Waals surface area contributed by atoms with E-state index in [0.717, 1.165) is 5.56 Å². The van der Waals surface area contributed by atoms with Crippen molar-refractivity contribution in [2.75, 3.05) is 25.1 Å². The molecule has 12 heteroatoms. The van der Waals surface area contributed by atoms with Gasteiger partial charge < -0.3 is 30.1 Å². The number of aromatic nitrogens is 2. The zero-order chi connectivity index (χ0) is 33.0. The SMILES string of the molecule is Cn1cc(-c2ccc(NC(=O)[C@@H]3COCCN3C(=O)[C@H](NC(=O)OC(C)(C)C)c3ccccc3)cc2)c(-c2cc(F)ccc2O)n1. The van der Waals surface area contributed by atoms with Crippen molar-refractivity contribution in [2.45, 2.75) is 38.5 Å². The number of aromatic hydroxyl groups is 1. The van der Waals surface area contributed by atoms with Crippen LogP contribution in [0.25, 0.3) is 22.4 Å². The van der Waals surface area contributed by atoms with Gasteiger partial charge >= 0.3 is 6.09 Å². The molecule has 3 amide bonds. The Bertz CT molecular complexity index is 1720. The Kier molecular flexibility index (Phi) is 9.38. The van der Waals surface area contributed by atoms with E-state index in [1.54, 1.807) is 93.3 Å². The van der Waals surface area contributed by atoms with E-state index in [9.17, 15) is 23.9 Å². The second kappa shape index (κ2) is 13.4. The van der Waals surface area contributed by atoms with Crippen LogP contribution in [-0.4, -0.2) is 69.1 Å². The molecule has 3 N–H and O–H groups in total. The number of carbonyl (C=O) groups is 3. The van der Waals surface area contributed by atoms with Crippen molar-refractivity contribution in [1.29, 1.82) is 0 Å². The van der Waals surface area contributed by atoms with Crippen LogP contribution in [0.5, 0.6) is 5.75 Å². The Balaban J connectivity index is 1.34. The van der Waals surface area contributed by atoms with Crippen molar-refractivity contribution in [3.8, 4) is 28.1 Å². The number of ether oxygens (including phenoxy) is 2. The predicted molar refractivity (Wildman–Crippen MR) is 169 cm³/mol. The van der Waals surface area contributed by atoms with Gasteiger partial charge in [0.25, 0.3) is 5.91 Å². The summed E-state index contributed by atoms with van der Waals surface area (Å²) in [6.07, 6.45) is 0.998. The molecule has 0 aliphatic carbocycles. The lowest BCUT2D eigenvalue weighted by Crippen LogP contribution is -2.57. The van der Waals surface area contributed by atoms with E-state index in [4.69, 9.17) is 9.47 Å². The number of hydrogen-bond donors (Lipinski definition) is 3. The van der Waals surface area contributed by atoms with E-state index in [1.165, 1.54) is 23.1 Å². The number of benzene rings is 3. The Morgan fingerprint density at radius 3 is 2.46 bits per heavy atom. The number of amides is 3. The molecule has 1 saturated heterocycles. The van der Waals surface area contributed by atoms with Crippen LogP contribution < -0.4 is 10.6 Å². The molecule has 4 aromatic rings. The first-order valence-corrected chi connectivity index (χ1v) is 14.8. The molecule has 1 aliphatic rings. The fraction of sp³-hybridized carbons (Fsp3) is 0.294. The van der Waals surface area contributed by atoms with Gasteiger partial charge in [-0.3, -0.25) is 14.3 Å². The summed E-state index contributed by atoms with van der Waals surface area (Å²) < 4.78 is 26.5. The summed E-state index contributed by atoms with van der Waals surface area (Å²) in [5.41, 5.74) is 2.27. The summed E-state index contributed by atoms with van der Waals surface area (Å²) in [7, 11) is 1.72. The second-order valence-electron chi connectivity index (χ2n) is 11.9. The van der Waals surface area contributed by atoms with Gasteiger partial charge in [0.2, 0.25) is 5.91 Å². The number of hydrogen-bond acceptors (Lipinski definition) is 7. The number of phenols is 1. The molecular weight excluding hydrogens is 593 g/mol. The predicted octanol–water partition coefficient (Wildman–Crippen LogP) is 5.03. The first-order valence-electron chi connectivity index (χ1n) is 14.8. The van der Waals surface area contributed by atoms with Gasteiger partial charge in [-0.2, -0.15) is 5.10 Å². The third-order valence-corrected chi connectivity index (χ3v) is 7.26. The average molecular weight is 630 g/mol. The first-order chi connectivity index (χ1) is 21.9. The third kappa shape index (κ3) is 7.52. The minimum atomic E-state index is -1.09. The highest BCUT2D eigenvalue weighted by atomic mass is 19.1. The molecule has 11 nitrogen and oxygen atoms in total. The molecular formula is C34H36FN5O6. The topological polar surface area (TPSA) is 135 Å². The molecule has 0 unspecified atom stereocenters. The smallest absolute Gasteiger partial charge is 0.408 e. The summed E-state index contributed by atoms with van der Waals surface area (Å²) in [4.78, 5) is 41.6. The summed E-state index contributed by atoms with van der Waals surface area (Å²) in [6.45, 7) is 5.53. The van der Waals surface area contributed by atoms with Crippen LogP contribution in [0, 0.1) is 5.82 Å². The molecule has 240 valence electrons. The molecule has 0 spiro atoms. The standard InChI is InChI=1S/C34H36FN5O6/c1-34(2,3)46-33(44)37-29(22-8-6-5-7-9-22)32(43)40-16-17-45-20-27(40)31(42)36-24-13-10-21(11-14-24)26-19-39(4)38-30(26)25-18-23(35)12-15-28(25)41/h5-15,18-19,27,29,41H,16-17,20H2,1-4H3,(H,36,42)(H,37,44)/t27-,29+/m0/s1. The fourth-order valence-corrected chi connectivity index (χ4v) is 5.16. The summed E-state index contributed by atoms with van der Waals surface area (Å²) in [5.74, 6) is -1.54. The summed E-state index contributed by atoms with van der Waals surface area (Å²) in [6, 6.07) is 17.3. The van der Waals surface area contributed by atoms with Crippen LogP contribution in [0.2, 0.25) is 0 Å². The molecule has 3 aromatic carbocycles. The molecule has 46 heavy (non-hydrogen) atoms. The molecule has 1 fully saturated rings. The van der Waals surface area contributed by atoms with Crippen LogP contribution in [-0.2, 0) is 26.1 Å². The minimum absolute atomic E-state index is 0.0280. The maximum Gasteiger partial charge on any atom is 0.408 e. The van der Waals surface area contributed by atoms with Crippen LogP contribution in [0.15, 0.2) is 79.0 Å². The second-order valence-corrected chi connectivity index (χ2v) is 11.9. The minimum Gasteiger partial charge on any atom is -0.507 e. The highest BCUT2D eigenvalue weighted by Gasteiger charge is 2.38. The Hall–Kier alpha value is -5.23. The monoisotopic (exact) mass is 629 g/mol. The van der Waals surface area contributed by atoms with Gasteiger partial charge in [0.15, 0.2) is 0 Å². The van der Waals surface area contributed by atoms with Crippen molar-refractivity contribution in [3.63, 3.8) is 0 Å². The van der Waals surface area contributed by atoms with Crippen LogP contribution in [0.1, 0.15) is 32.4 Å². The lowest BCUT2D eigenvalue weighted by Gasteiger charge is -2.37. The van der Waals surface area contributed by atoms with Gasteiger partial charge in [-0.15, -0.1) is 0 Å². The number of anilines is 1. The van der Waals surface area contributed by atoms with Gasteiger partial charge in [-0.1, -0.05) is 42.5 Å². The molecule has 1 aliphatic heterocycles. The Labute approximate surface area is 265 Å². The molecule has 2 atom stereocenters. The van der Waals surface area contributed by atoms with E-state index >= 15 is 0 Å². The quantitative estimate of drug-likeness (QED) is 0.261. The molecule has 2 heterocycles. The van der Waals surface area contributed by atoms with Gasteiger partial charge in [0.1, 0.15) is 34.9 Å². The summed E-state index contributed by atoms with van der Waals surface area (Å²) in [5, 5.41) is 20.3. The van der Waals surface area contributed by atoms with Gasteiger partial charge in [0, 0.05) is 36.6 Å². The lowest BCUT2D eigenvalue weighted by atomic mass is 10.0. The number of morpholine rings is 1. The highest BCUT2D eigenvalue weighted by Crippen LogP contribution is 2.36. The molecule has 1 aromatic heterocycles. The van der Waals surface area contributed by atoms with E-state index in [-0.39, 0.29) is 31.1 Å². The number of phenolic OH excluding ortho intramolecular Hbond substituents is 1. The van der Waals surface area contributed by atoms with Crippen molar-refractivity contribution >= 4 is 23.6 Å². The third-order valence-electron chi connectivity index (χ3n) is 7.26. The van der Waals surface area contributed by atoms with Gasteiger partial charge in [-0.05, 0) is 62.2 Å². The molecule has 0 radical (unpaired) electrons. The Morgan fingerprint density at radius 2 is 1.76 bits per heavy atom. The van der Waals surface area contributed by atoms with Crippen molar-refractivity contribution < 1.29 is 33.4 Å². The number of alkyl carbamates (subject to hydrolysis) is 1.